The molecule has 0 aliphatic carbocycles. The molecule has 0 bridgehead atoms. The molecule has 0 spiro atoms. The number of likely N-dealkylation sites (tertiary alicyclic amines) is 1. The first kappa shape index (κ1) is 23.0. The van der Waals surface area contributed by atoms with Crippen molar-refractivity contribution in [1.82, 2.24) is 9.80 Å². The zero-order valence-corrected chi connectivity index (χ0v) is 19.0. The molecule has 2 aromatic carbocycles. The van der Waals surface area contributed by atoms with Gasteiger partial charge in [0.15, 0.2) is 0 Å². The van der Waals surface area contributed by atoms with E-state index in [4.69, 9.17) is 11.6 Å². The third kappa shape index (κ3) is 5.00. The first-order valence-corrected chi connectivity index (χ1v) is 11.1. The molecule has 1 fully saturated rings. The number of hydrogen-bond donors (Lipinski definition) is 1. The summed E-state index contributed by atoms with van der Waals surface area (Å²) in [7, 11) is 0. The van der Waals surface area contributed by atoms with Crippen LogP contribution in [0.1, 0.15) is 43.0 Å². The summed E-state index contributed by atoms with van der Waals surface area (Å²) < 4.78 is 0. The Morgan fingerprint density at radius 3 is 2.39 bits per heavy atom. The molecule has 1 amide bonds. The summed E-state index contributed by atoms with van der Waals surface area (Å²) in [6, 6.07) is 13.7. The van der Waals surface area contributed by atoms with Gasteiger partial charge in [0.25, 0.3) is 11.7 Å². The van der Waals surface area contributed by atoms with E-state index in [1.54, 1.807) is 35.2 Å². The number of carbonyl (C=O) groups excluding carboxylic acids is 2. The first-order chi connectivity index (χ1) is 14.9. The highest BCUT2D eigenvalue weighted by atomic mass is 35.5. The summed E-state index contributed by atoms with van der Waals surface area (Å²) in [5, 5.41) is 11.6. The molecule has 1 aliphatic rings. The van der Waals surface area contributed by atoms with Crippen molar-refractivity contribution in [3.63, 3.8) is 0 Å². The van der Waals surface area contributed by atoms with E-state index >= 15 is 0 Å². The zero-order chi connectivity index (χ0) is 22.5. The maximum atomic E-state index is 13.0. The molecule has 5 nitrogen and oxygen atoms in total. The van der Waals surface area contributed by atoms with Crippen LogP contribution in [0, 0.1) is 6.92 Å². The van der Waals surface area contributed by atoms with Crippen molar-refractivity contribution in [2.24, 2.45) is 0 Å². The number of ketones is 1. The Kier molecular flexibility index (Phi) is 7.52. The van der Waals surface area contributed by atoms with Crippen molar-refractivity contribution >= 4 is 29.1 Å². The third-order valence-electron chi connectivity index (χ3n) is 5.80. The molecule has 1 atom stereocenters. The molecular weight excluding hydrogens is 412 g/mol. The van der Waals surface area contributed by atoms with Crippen molar-refractivity contribution in [1.29, 1.82) is 0 Å². The lowest BCUT2D eigenvalue weighted by Crippen LogP contribution is -2.33. The zero-order valence-electron chi connectivity index (χ0n) is 18.3. The minimum Gasteiger partial charge on any atom is -0.507 e. The molecule has 0 radical (unpaired) electrons. The number of aryl methyl sites for hydroxylation is 1. The summed E-state index contributed by atoms with van der Waals surface area (Å²) in [4.78, 5) is 29.8. The molecule has 2 aromatic rings. The Hall–Kier alpha value is -2.63. The van der Waals surface area contributed by atoms with Crippen LogP contribution >= 0.6 is 11.6 Å². The van der Waals surface area contributed by atoms with E-state index in [2.05, 4.69) is 18.7 Å². The normalized spacial score (nSPS) is 18.2. The number of nitrogens with zero attached hydrogens (tertiary/aromatic N) is 2. The van der Waals surface area contributed by atoms with E-state index in [-0.39, 0.29) is 11.3 Å². The fourth-order valence-corrected chi connectivity index (χ4v) is 4.20. The van der Waals surface area contributed by atoms with Gasteiger partial charge in [-0.25, -0.2) is 0 Å². The van der Waals surface area contributed by atoms with Crippen LogP contribution in [0.15, 0.2) is 54.1 Å². The minimum absolute atomic E-state index is 0.110. The van der Waals surface area contributed by atoms with Crippen LogP contribution in [0.3, 0.4) is 0 Å². The summed E-state index contributed by atoms with van der Waals surface area (Å²) in [5.41, 5.74) is 2.38. The van der Waals surface area contributed by atoms with Crippen LogP contribution in [0.5, 0.6) is 0 Å². The predicted octanol–water partition coefficient (Wildman–Crippen LogP) is 4.80. The van der Waals surface area contributed by atoms with Crippen molar-refractivity contribution in [2.75, 3.05) is 26.2 Å². The van der Waals surface area contributed by atoms with Gasteiger partial charge in [0, 0.05) is 17.1 Å². The molecule has 1 aliphatic heterocycles. The number of rotatable bonds is 8. The lowest BCUT2D eigenvalue weighted by molar-refractivity contribution is -0.140. The SMILES string of the molecule is CCN(CC)CCCN1C(=O)C(=O)/C(=C(/O)c2ccc(C)cc2)C1c1cccc(Cl)c1. The Morgan fingerprint density at radius 1 is 1.10 bits per heavy atom. The second kappa shape index (κ2) is 10.1. The Morgan fingerprint density at radius 2 is 1.77 bits per heavy atom. The molecule has 6 heteroatoms. The first-order valence-electron chi connectivity index (χ1n) is 10.7. The van der Waals surface area contributed by atoms with E-state index in [0.717, 1.165) is 31.6 Å². The number of carbonyl (C=O) groups is 2. The van der Waals surface area contributed by atoms with Crippen molar-refractivity contribution in [3.8, 4) is 0 Å². The third-order valence-corrected chi connectivity index (χ3v) is 6.03. The van der Waals surface area contributed by atoms with Crippen LogP contribution in [0.25, 0.3) is 5.76 Å². The average Bonchev–Trinajstić information content (AvgIpc) is 3.01. The Bertz CT molecular complexity index is 981. The van der Waals surface area contributed by atoms with Crippen molar-refractivity contribution in [3.05, 3.63) is 75.8 Å². The monoisotopic (exact) mass is 440 g/mol. The molecule has 3 rings (SSSR count). The van der Waals surface area contributed by atoms with E-state index < -0.39 is 17.7 Å². The highest BCUT2D eigenvalue weighted by Gasteiger charge is 2.45. The van der Waals surface area contributed by atoms with E-state index in [1.165, 1.54) is 0 Å². The van der Waals surface area contributed by atoms with Crippen molar-refractivity contribution < 1.29 is 14.7 Å². The smallest absolute Gasteiger partial charge is 0.295 e. The van der Waals surface area contributed by atoms with Gasteiger partial charge in [0.2, 0.25) is 0 Å². The van der Waals surface area contributed by atoms with Gasteiger partial charge in [-0.1, -0.05) is 67.4 Å². The molecule has 1 N–H and O–H groups in total. The number of Topliss-reactive ketones (excluding diaryl/α,β-unsaturated/α-hetero) is 1. The average molecular weight is 441 g/mol. The summed E-state index contributed by atoms with van der Waals surface area (Å²) >= 11 is 6.22. The molecule has 0 aromatic heterocycles. The van der Waals surface area contributed by atoms with E-state index in [9.17, 15) is 14.7 Å². The fourth-order valence-electron chi connectivity index (χ4n) is 4.01. The molecule has 0 saturated carbocycles. The Balaban J connectivity index is 2.02. The fraction of sp³-hybridized carbons (Fsp3) is 0.360. The summed E-state index contributed by atoms with van der Waals surface area (Å²) in [6.07, 6.45) is 0.732. The number of aliphatic hydroxyl groups is 1. The maximum Gasteiger partial charge on any atom is 0.295 e. The van der Waals surface area contributed by atoms with Crippen LogP contribution < -0.4 is 0 Å². The standard InChI is InChI=1S/C25H29ClN2O3/c1-4-27(5-2)14-7-15-28-22(19-8-6-9-20(26)16-19)21(24(30)25(28)31)23(29)18-12-10-17(3)11-13-18/h6,8-13,16,22,29H,4-5,7,14-15H2,1-3H3/b23-21+. The number of amides is 1. The highest BCUT2D eigenvalue weighted by molar-refractivity contribution is 6.46. The molecule has 1 unspecified atom stereocenters. The largest absolute Gasteiger partial charge is 0.507 e. The van der Waals surface area contributed by atoms with Gasteiger partial charge >= 0.3 is 0 Å². The van der Waals surface area contributed by atoms with Gasteiger partial charge in [-0.2, -0.15) is 0 Å². The van der Waals surface area contributed by atoms with Crippen LogP contribution in [-0.4, -0.2) is 52.8 Å². The second-order valence-electron chi connectivity index (χ2n) is 7.79. The van der Waals surface area contributed by atoms with Gasteiger partial charge in [-0.3, -0.25) is 9.59 Å². The maximum absolute atomic E-state index is 13.0. The second-order valence-corrected chi connectivity index (χ2v) is 8.23. The van der Waals surface area contributed by atoms with Gasteiger partial charge in [-0.15, -0.1) is 0 Å². The molecule has 1 saturated heterocycles. The predicted molar refractivity (Wildman–Crippen MR) is 124 cm³/mol. The van der Waals surface area contributed by atoms with E-state index in [1.807, 2.05) is 25.1 Å². The molecule has 1 heterocycles. The van der Waals surface area contributed by atoms with Crippen molar-refractivity contribution in [2.45, 2.75) is 33.2 Å². The number of halogens is 1. The van der Waals surface area contributed by atoms with Gasteiger partial charge in [0.05, 0.1) is 11.6 Å². The molecule has 31 heavy (non-hydrogen) atoms. The Labute approximate surface area is 188 Å². The quantitative estimate of drug-likeness (QED) is 0.364. The van der Waals surface area contributed by atoms with E-state index in [0.29, 0.717) is 22.7 Å². The van der Waals surface area contributed by atoms with Crippen LogP contribution in [0.2, 0.25) is 5.02 Å². The van der Waals surface area contributed by atoms with Crippen LogP contribution in [0.4, 0.5) is 0 Å². The van der Waals surface area contributed by atoms with Gasteiger partial charge < -0.3 is 14.9 Å². The number of benzene rings is 2. The molecular formula is C25H29ClN2O3. The summed E-state index contributed by atoms with van der Waals surface area (Å²) in [5.74, 6) is -1.40. The topological polar surface area (TPSA) is 60.9 Å². The van der Waals surface area contributed by atoms with Crippen LogP contribution in [-0.2, 0) is 9.59 Å². The number of hydrogen-bond acceptors (Lipinski definition) is 4. The van der Waals surface area contributed by atoms with Gasteiger partial charge in [-0.05, 0) is 50.7 Å². The minimum atomic E-state index is -0.670. The van der Waals surface area contributed by atoms with Gasteiger partial charge in [0.1, 0.15) is 5.76 Å². The lowest BCUT2D eigenvalue weighted by Gasteiger charge is -2.27. The highest BCUT2D eigenvalue weighted by Crippen LogP contribution is 2.40. The lowest BCUT2D eigenvalue weighted by atomic mass is 9.95. The summed E-state index contributed by atoms with van der Waals surface area (Å²) in [6.45, 7) is 9.26. The number of aliphatic hydroxyl groups excluding tert-OH is 1. The molecule has 164 valence electrons.